The van der Waals surface area contributed by atoms with Crippen molar-refractivity contribution in [3.05, 3.63) is 30.0 Å². The van der Waals surface area contributed by atoms with E-state index in [-0.39, 0.29) is 6.54 Å². The Morgan fingerprint density at radius 3 is 2.65 bits per heavy atom. The number of carbonyl (C=O) groups is 1. The van der Waals surface area contributed by atoms with Crippen LogP contribution in [-0.2, 0) is 11.2 Å². The number of aliphatic carboxylic acids is 1. The molecule has 1 aromatic carbocycles. The van der Waals surface area contributed by atoms with Gasteiger partial charge in [-0.15, -0.1) is 5.10 Å². The highest BCUT2D eigenvalue weighted by atomic mass is 16.4. The molecule has 5 nitrogen and oxygen atoms in total. The van der Waals surface area contributed by atoms with Gasteiger partial charge in [0.25, 0.3) is 0 Å². The van der Waals surface area contributed by atoms with Crippen LogP contribution in [0, 0.1) is 0 Å². The number of benzene rings is 1. The number of rotatable bonds is 4. The normalized spacial score (nSPS) is 10.4. The van der Waals surface area contributed by atoms with Crippen molar-refractivity contribution in [1.82, 2.24) is 10.2 Å². The minimum Gasteiger partial charge on any atom is -0.480 e. The molecule has 0 spiro atoms. The smallest absolute Gasteiger partial charge is 0.322 e. The minimum absolute atomic E-state index is 0.163. The highest BCUT2D eigenvalue weighted by Crippen LogP contribution is 2.22. The molecule has 1 aromatic heterocycles. The van der Waals surface area contributed by atoms with Crippen LogP contribution in [0.2, 0.25) is 0 Å². The number of carboxylic acids is 1. The molecule has 0 bridgehead atoms. The molecule has 0 radical (unpaired) electrons. The van der Waals surface area contributed by atoms with Crippen LogP contribution in [0.4, 0.5) is 5.82 Å². The molecular weight excluding hydrogens is 218 g/mol. The van der Waals surface area contributed by atoms with E-state index < -0.39 is 5.97 Å². The Morgan fingerprint density at radius 2 is 2.00 bits per heavy atom. The molecule has 2 rings (SSSR count). The number of hydrogen-bond acceptors (Lipinski definition) is 4. The summed E-state index contributed by atoms with van der Waals surface area (Å²) in [6.07, 6.45) is 0.798. The van der Waals surface area contributed by atoms with Crippen LogP contribution in [0.25, 0.3) is 10.8 Å². The zero-order valence-corrected chi connectivity index (χ0v) is 9.47. The fraction of sp³-hybridized carbons (Fsp3) is 0.250. The van der Waals surface area contributed by atoms with Crippen LogP contribution in [0.1, 0.15) is 12.6 Å². The number of nitrogens with one attached hydrogen (secondary N) is 1. The highest BCUT2D eigenvalue weighted by molar-refractivity contribution is 5.93. The van der Waals surface area contributed by atoms with E-state index in [1.165, 1.54) is 0 Å². The second-order valence-corrected chi connectivity index (χ2v) is 3.64. The van der Waals surface area contributed by atoms with Gasteiger partial charge in [0.2, 0.25) is 0 Å². The summed E-state index contributed by atoms with van der Waals surface area (Å²) in [5.74, 6) is -0.407. The summed E-state index contributed by atoms with van der Waals surface area (Å²) in [5, 5.41) is 21.4. The van der Waals surface area contributed by atoms with Crippen LogP contribution in [0.15, 0.2) is 24.3 Å². The van der Waals surface area contributed by atoms with Gasteiger partial charge in [-0.1, -0.05) is 31.2 Å². The van der Waals surface area contributed by atoms with E-state index in [4.69, 9.17) is 5.11 Å². The van der Waals surface area contributed by atoms with Crippen LogP contribution in [0.3, 0.4) is 0 Å². The lowest BCUT2D eigenvalue weighted by molar-refractivity contribution is -0.134. The number of anilines is 1. The lowest BCUT2D eigenvalue weighted by Gasteiger charge is -2.08. The van der Waals surface area contributed by atoms with Crippen molar-refractivity contribution in [3.8, 4) is 0 Å². The highest BCUT2D eigenvalue weighted by Gasteiger charge is 2.08. The van der Waals surface area contributed by atoms with Crippen LogP contribution >= 0.6 is 0 Å². The first kappa shape index (κ1) is 11.3. The number of aryl methyl sites for hydroxylation is 1. The summed E-state index contributed by atoms with van der Waals surface area (Å²) >= 11 is 0. The maximum atomic E-state index is 10.5. The molecule has 0 fully saturated rings. The quantitative estimate of drug-likeness (QED) is 0.837. The molecular formula is C12H13N3O2. The molecule has 0 saturated heterocycles. The van der Waals surface area contributed by atoms with E-state index >= 15 is 0 Å². The van der Waals surface area contributed by atoms with Gasteiger partial charge in [0.15, 0.2) is 5.82 Å². The first-order valence-corrected chi connectivity index (χ1v) is 5.42. The van der Waals surface area contributed by atoms with E-state index in [0.717, 1.165) is 22.9 Å². The summed E-state index contributed by atoms with van der Waals surface area (Å²) in [6, 6.07) is 7.71. The van der Waals surface area contributed by atoms with Crippen molar-refractivity contribution in [2.24, 2.45) is 0 Å². The number of hydrogen-bond donors (Lipinski definition) is 2. The van der Waals surface area contributed by atoms with Gasteiger partial charge in [-0.2, -0.15) is 5.10 Å². The van der Waals surface area contributed by atoms with Crippen LogP contribution in [-0.4, -0.2) is 27.8 Å². The molecule has 5 heteroatoms. The topological polar surface area (TPSA) is 75.1 Å². The second kappa shape index (κ2) is 4.78. The maximum absolute atomic E-state index is 10.5. The van der Waals surface area contributed by atoms with Crippen LogP contribution in [0.5, 0.6) is 0 Å². The largest absolute Gasteiger partial charge is 0.480 e. The number of nitrogens with zero attached hydrogens (tertiary/aromatic N) is 2. The Hall–Kier alpha value is -2.17. The summed E-state index contributed by atoms with van der Waals surface area (Å²) in [5.41, 5.74) is 0.918. The van der Waals surface area contributed by atoms with Gasteiger partial charge < -0.3 is 10.4 Å². The van der Waals surface area contributed by atoms with Crippen molar-refractivity contribution in [2.75, 3.05) is 11.9 Å². The van der Waals surface area contributed by atoms with Gasteiger partial charge in [-0.05, 0) is 6.42 Å². The summed E-state index contributed by atoms with van der Waals surface area (Å²) in [6.45, 7) is 1.85. The van der Waals surface area contributed by atoms with Crippen molar-refractivity contribution in [2.45, 2.75) is 13.3 Å². The minimum atomic E-state index is -0.921. The molecule has 2 aromatic rings. The van der Waals surface area contributed by atoms with Gasteiger partial charge in [0.1, 0.15) is 6.54 Å². The summed E-state index contributed by atoms with van der Waals surface area (Å²) < 4.78 is 0. The van der Waals surface area contributed by atoms with Gasteiger partial charge >= 0.3 is 5.97 Å². The van der Waals surface area contributed by atoms with E-state index in [2.05, 4.69) is 15.5 Å². The average Bonchev–Trinajstić information content (AvgIpc) is 2.35. The van der Waals surface area contributed by atoms with Crippen molar-refractivity contribution in [1.29, 1.82) is 0 Å². The van der Waals surface area contributed by atoms with E-state index in [0.29, 0.717) is 5.82 Å². The van der Waals surface area contributed by atoms with Crippen LogP contribution < -0.4 is 5.32 Å². The fourth-order valence-corrected chi connectivity index (χ4v) is 1.71. The predicted molar refractivity (Wildman–Crippen MR) is 65.0 cm³/mol. The monoisotopic (exact) mass is 231 g/mol. The first-order valence-electron chi connectivity index (χ1n) is 5.42. The van der Waals surface area contributed by atoms with Gasteiger partial charge in [-0.25, -0.2) is 0 Å². The number of aromatic nitrogens is 2. The van der Waals surface area contributed by atoms with Gasteiger partial charge in [0, 0.05) is 10.8 Å². The SMILES string of the molecule is CCc1nnc(NCC(=O)O)c2ccccc12. The van der Waals surface area contributed by atoms with Gasteiger partial charge in [-0.3, -0.25) is 4.79 Å². The molecule has 0 aliphatic heterocycles. The van der Waals surface area contributed by atoms with Crippen molar-refractivity contribution >= 4 is 22.6 Å². The Labute approximate surface area is 98.5 Å². The molecule has 0 atom stereocenters. The summed E-state index contributed by atoms with van der Waals surface area (Å²) in [4.78, 5) is 10.5. The predicted octanol–water partition coefficient (Wildman–Crippen LogP) is 1.69. The lowest BCUT2D eigenvalue weighted by atomic mass is 10.1. The third kappa shape index (κ3) is 2.33. The lowest BCUT2D eigenvalue weighted by Crippen LogP contribution is -2.14. The molecule has 0 aliphatic rings. The molecule has 0 aliphatic carbocycles. The van der Waals surface area contributed by atoms with E-state index in [9.17, 15) is 4.79 Å². The van der Waals surface area contributed by atoms with Gasteiger partial charge in [0.05, 0.1) is 5.69 Å². The Kier molecular flexibility index (Phi) is 3.18. The first-order chi connectivity index (χ1) is 8.22. The molecule has 88 valence electrons. The number of carboxylic acid groups (broad SMARTS) is 1. The summed E-state index contributed by atoms with van der Waals surface area (Å²) in [7, 11) is 0. The Bertz CT molecular complexity index is 554. The van der Waals surface area contributed by atoms with E-state index in [1.54, 1.807) is 0 Å². The zero-order valence-electron chi connectivity index (χ0n) is 9.47. The Morgan fingerprint density at radius 1 is 1.29 bits per heavy atom. The standard InChI is InChI=1S/C12H13N3O2/c1-2-10-8-5-3-4-6-9(8)12(15-14-10)13-7-11(16)17/h3-6H,2,7H2,1H3,(H,13,15)(H,16,17). The molecule has 0 unspecified atom stereocenters. The third-order valence-electron chi connectivity index (χ3n) is 2.51. The molecule has 1 heterocycles. The third-order valence-corrected chi connectivity index (χ3v) is 2.51. The zero-order chi connectivity index (χ0) is 12.3. The number of fused-ring (bicyclic) bond motifs is 1. The molecule has 17 heavy (non-hydrogen) atoms. The second-order valence-electron chi connectivity index (χ2n) is 3.64. The molecule has 0 saturated carbocycles. The average molecular weight is 231 g/mol. The molecule has 2 N–H and O–H groups in total. The van der Waals surface area contributed by atoms with Crippen molar-refractivity contribution in [3.63, 3.8) is 0 Å². The fourth-order valence-electron chi connectivity index (χ4n) is 1.71. The Balaban J connectivity index is 2.47. The van der Waals surface area contributed by atoms with Crippen molar-refractivity contribution < 1.29 is 9.90 Å². The molecule has 0 amide bonds. The van der Waals surface area contributed by atoms with E-state index in [1.807, 2.05) is 31.2 Å². The maximum Gasteiger partial charge on any atom is 0.322 e.